The molecule has 4 N–H and O–H groups in total. The van der Waals surface area contributed by atoms with Crippen LogP contribution >= 0.6 is 23.2 Å². The van der Waals surface area contributed by atoms with Gasteiger partial charge in [-0.05, 0) is 62.1 Å². The zero-order valence-electron chi connectivity index (χ0n) is 16.2. The molecule has 1 aliphatic rings. The van der Waals surface area contributed by atoms with Gasteiger partial charge in [0.05, 0.1) is 27.5 Å². The van der Waals surface area contributed by atoms with Gasteiger partial charge in [0, 0.05) is 18.7 Å². The minimum atomic E-state index is -0.539. The third kappa shape index (κ3) is 5.34. The van der Waals surface area contributed by atoms with Crippen LogP contribution in [-0.4, -0.2) is 25.0 Å². The third-order valence-electron chi connectivity index (χ3n) is 5.02. The fourth-order valence-corrected chi connectivity index (χ4v) is 3.73. The number of hydrogen-bond acceptors (Lipinski definition) is 3. The number of halogens is 2. The minimum absolute atomic E-state index is 0.289. The third-order valence-corrected chi connectivity index (χ3v) is 5.76. The summed E-state index contributed by atoms with van der Waals surface area (Å²) in [5.41, 5.74) is 8.04. The van der Waals surface area contributed by atoms with Crippen molar-refractivity contribution in [2.75, 3.05) is 23.3 Å². The van der Waals surface area contributed by atoms with Crippen molar-refractivity contribution >= 4 is 46.5 Å². The Labute approximate surface area is 180 Å². The van der Waals surface area contributed by atoms with Gasteiger partial charge >= 0.3 is 6.03 Å². The summed E-state index contributed by atoms with van der Waals surface area (Å²) < 4.78 is 0. The van der Waals surface area contributed by atoms with Gasteiger partial charge < -0.3 is 21.3 Å². The largest absolute Gasteiger partial charge is 0.370 e. The average Bonchev–Trinajstić information content (AvgIpc) is 2.70. The lowest BCUT2D eigenvalue weighted by molar-refractivity contribution is 0.100. The van der Waals surface area contributed by atoms with Crippen LogP contribution in [0.1, 0.15) is 48.1 Å². The summed E-state index contributed by atoms with van der Waals surface area (Å²) in [5.74, 6) is -0.539. The van der Waals surface area contributed by atoms with Gasteiger partial charge in [0.15, 0.2) is 0 Å². The topological polar surface area (TPSA) is 87.5 Å². The number of hydrogen-bond donors (Lipinski definition) is 3. The van der Waals surface area contributed by atoms with E-state index < -0.39 is 5.91 Å². The molecule has 2 aromatic rings. The van der Waals surface area contributed by atoms with E-state index in [0.29, 0.717) is 21.3 Å². The zero-order valence-corrected chi connectivity index (χ0v) is 17.7. The van der Waals surface area contributed by atoms with Crippen LogP contribution in [0.2, 0.25) is 10.0 Å². The van der Waals surface area contributed by atoms with Gasteiger partial charge in [0.25, 0.3) is 0 Å². The van der Waals surface area contributed by atoms with Crippen LogP contribution in [-0.2, 0) is 0 Å². The second kappa shape index (κ2) is 9.37. The second-order valence-electron chi connectivity index (χ2n) is 7.14. The Bertz CT molecular complexity index is 914. The lowest BCUT2D eigenvalue weighted by Gasteiger charge is -2.31. The first kappa shape index (κ1) is 21.3. The van der Waals surface area contributed by atoms with E-state index >= 15 is 0 Å². The van der Waals surface area contributed by atoms with E-state index in [1.807, 2.05) is 19.1 Å². The predicted octanol–water partition coefficient (Wildman–Crippen LogP) is 4.97. The van der Waals surface area contributed by atoms with Gasteiger partial charge in [-0.1, -0.05) is 29.3 Å². The first-order chi connectivity index (χ1) is 13.8. The lowest BCUT2D eigenvalue weighted by Crippen LogP contribution is -2.34. The van der Waals surface area contributed by atoms with Crippen molar-refractivity contribution in [3.05, 3.63) is 57.6 Å². The standard InChI is InChI=1S/C21H24Cl2N4O2/c1-13(14-5-7-16(22)17(23)11-14)25-21(29)26-18-12-15(20(24)28)6-8-19(18)27-9-3-2-4-10-27/h5-8,11-13H,2-4,9-10H2,1H3,(H2,24,28)(H2,25,26,29). The number of carbonyl (C=O) groups excluding carboxylic acids is 2. The fraction of sp³-hybridized carbons (Fsp3) is 0.333. The monoisotopic (exact) mass is 434 g/mol. The molecular weight excluding hydrogens is 411 g/mol. The molecule has 0 bridgehead atoms. The van der Waals surface area contributed by atoms with E-state index in [1.165, 1.54) is 6.42 Å². The molecule has 1 atom stereocenters. The fourth-order valence-electron chi connectivity index (χ4n) is 3.42. The molecule has 3 rings (SSSR count). The van der Waals surface area contributed by atoms with Crippen molar-refractivity contribution in [1.82, 2.24) is 5.32 Å². The van der Waals surface area contributed by atoms with Crippen LogP contribution in [0.3, 0.4) is 0 Å². The quantitative estimate of drug-likeness (QED) is 0.620. The van der Waals surface area contributed by atoms with Crippen LogP contribution in [0.15, 0.2) is 36.4 Å². The van der Waals surface area contributed by atoms with Crippen molar-refractivity contribution in [3.8, 4) is 0 Å². The number of piperidine rings is 1. The molecule has 29 heavy (non-hydrogen) atoms. The molecule has 8 heteroatoms. The van der Waals surface area contributed by atoms with E-state index in [0.717, 1.165) is 37.2 Å². The number of amides is 3. The van der Waals surface area contributed by atoms with Gasteiger partial charge in [0.2, 0.25) is 5.91 Å². The van der Waals surface area contributed by atoms with Crippen LogP contribution in [0.5, 0.6) is 0 Å². The normalized spacial score (nSPS) is 14.9. The molecule has 0 spiro atoms. The van der Waals surface area contributed by atoms with Crippen molar-refractivity contribution in [3.63, 3.8) is 0 Å². The molecule has 3 amide bonds. The predicted molar refractivity (Wildman–Crippen MR) is 118 cm³/mol. The molecule has 1 fully saturated rings. The van der Waals surface area contributed by atoms with E-state index in [9.17, 15) is 9.59 Å². The number of nitrogens with zero attached hydrogens (tertiary/aromatic N) is 1. The van der Waals surface area contributed by atoms with Crippen molar-refractivity contribution in [1.29, 1.82) is 0 Å². The molecule has 0 saturated carbocycles. The van der Waals surface area contributed by atoms with E-state index in [4.69, 9.17) is 28.9 Å². The number of primary amides is 1. The van der Waals surface area contributed by atoms with Gasteiger partial charge in [-0.25, -0.2) is 4.79 Å². The highest BCUT2D eigenvalue weighted by Crippen LogP contribution is 2.30. The van der Waals surface area contributed by atoms with Gasteiger partial charge in [-0.2, -0.15) is 0 Å². The number of anilines is 2. The highest BCUT2D eigenvalue weighted by atomic mass is 35.5. The van der Waals surface area contributed by atoms with E-state index in [1.54, 1.807) is 24.3 Å². The maximum absolute atomic E-state index is 12.6. The smallest absolute Gasteiger partial charge is 0.319 e. The van der Waals surface area contributed by atoms with Crippen molar-refractivity contribution < 1.29 is 9.59 Å². The number of nitrogens with two attached hydrogens (primary N) is 1. The molecule has 0 aliphatic carbocycles. The minimum Gasteiger partial charge on any atom is -0.370 e. The average molecular weight is 435 g/mol. The van der Waals surface area contributed by atoms with Crippen LogP contribution in [0.4, 0.5) is 16.2 Å². The lowest BCUT2D eigenvalue weighted by atomic mass is 10.1. The molecule has 1 aliphatic heterocycles. The Hall–Kier alpha value is -2.44. The van der Waals surface area contributed by atoms with E-state index in [-0.39, 0.29) is 12.1 Å². The molecule has 1 unspecified atom stereocenters. The van der Waals surface area contributed by atoms with Gasteiger partial charge in [-0.15, -0.1) is 0 Å². The maximum Gasteiger partial charge on any atom is 0.319 e. The summed E-state index contributed by atoms with van der Waals surface area (Å²) in [7, 11) is 0. The molecular formula is C21H24Cl2N4O2. The van der Waals surface area contributed by atoms with E-state index in [2.05, 4.69) is 15.5 Å². The summed E-state index contributed by atoms with van der Waals surface area (Å²) in [6.07, 6.45) is 3.38. The summed E-state index contributed by atoms with van der Waals surface area (Å²) in [6.45, 7) is 3.67. The van der Waals surface area contributed by atoms with Crippen LogP contribution < -0.4 is 21.3 Å². The first-order valence-corrected chi connectivity index (χ1v) is 10.3. The molecule has 2 aromatic carbocycles. The Morgan fingerprint density at radius 3 is 2.41 bits per heavy atom. The number of rotatable bonds is 5. The number of nitrogens with one attached hydrogen (secondary N) is 2. The molecule has 1 saturated heterocycles. The van der Waals surface area contributed by atoms with Crippen molar-refractivity contribution in [2.45, 2.75) is 32.2 Å². The molecule has 6 nitrogen and oxygen atoms in total. The molecule has 0 aromatic heterocycles. The first-order valence-electron chi connectivity index (χ1n) is 9.56. The SMILES string of the molecule is CC(NC(=O)Nc1cc(C(N)=O)ccc1N1CCCCC1)c1ccc(Cl)c(Cl)c1. The second-order valence-corrected chi connectivity index (χ2v) is 7.95. The highest BCUT2D eigenvalue weighted by Gasteiger charge is 2.18. The Kier molecular flexibility index (Phi) is 6.87. The summed E-state index contributed by atoms with van der Waals surface area (Å²) in [5, 5.41) is 6.65. The number of urea groups is 1. The summed E-state index contributed by atoms with van der Waals surface area (Å²) >= 11 is 12.0. The summed E-state index contributed by atoms with van der Waals surface area (Å²) in [6, 6.07) is 9.70. The molecule has 0 radical (unpaired) electrons. The highest BCUT2D eigenvalue weighted by molar-refractivity contribution is 6.42. The maximum atomic E-state index is 12.6. The van der Waals surface area contributed by atoms with Crippen LogP contribution in [0, 0.1) is 0 Å². The van der Waals surface area contributed by atoms with Crippen molar-refractivity contribution in [2.24, 2.45) is 5.73 Å². The number of carbonyl (C=O) groups is 2. The molecule has 154 valence electrons. The zero-order chi connectivity index (χ0) is 21.0. The Morgan fingerprint density at radius 2 is 1.76 bits per heavy atom. The molecule has 1 heterocycles. The summed E-state index contributed by atoms with van der Waals surface area (Å²) in [4.78, 5) is 26.5. The van der Waals surface area contributed by atoms with Crippen LogP contribution in [0.25, 0.3) is 0 Å². The Balaban J connectivity index is 1.77. The number of benzene rings is 2. The van der Waals surface area contributed by atoms with Gasteiger partial charge in [-0.3, -0.25) is 4.79 Å². The van der Waals surface area contributed by atoms with Gasteiger partial charge in [0.1, 0.15) is 0 Å². The Morgan fingerprint density at radius 1 is 1.03 bits per heavy atom.